The summed E-state index contributed by atoms with van der Waals surface area (Å²) in [5, 5.41) is 3.63. The van der Waals surface area contributed by atoms with Crippen molar-refractivity contribution in [1.29, 1.82) is 0 Å². The van der Waals surface area contributed by atoms with Crippen LogP contribution in [0.25, 0.3) is 76.1 Å². The van der Waals surface area contributed by atoms with Gasteiger partial charge in [-0.05, 0) is 342 Å². The first-order valence-electron chi connectivity index (χ1n) is 38.8. The van der Waals surface area contributed by atoms with Crippen LogP contribution in [0, 0.1) is 325 Å². The number of benzene rings is 8. The van der Waals surface area contributed by atoms with E-state index in [0.29, 0.717) is 82.4 Å². The molecule has 0 amide bonds. The van der Waals surface area contributed by atoms with Gasteiger partial charge < -0.3 is 0 Å². The van der Waals surface area contributed by atoms with E-state index in [9.17, 15) is 0 Å². The highest BCUT2D eigenvalue weighted by Crippen LogP contribution is 2.55. The zero-order valence-corrected chi connectivity index (χ0v) is 71.9. The Morgan fingerprint density at radius 2 is 0.635 bits per heavy atom. The average Bonchev–Trinajstić information content (AvgIpc) is 0.675. The lowest BCUT2D eigenvalue weighted by Gasteiger charge is -2.42. The highest BCUT2D eigenvalue weighted by molar-refractivity contribution is 7.89. The van der Waals surface area contributed by atoms with Gasteiger partial charge in [-0.25, -0.2) is 0 Å². The third kappa shape index (κ3) is 19.4. The van der Waals surface area contributed by atoms with Crippen molar-refractivity contribution in [2.24, 2.45) is 0 Å². The largest absolute Gasteiger partial charge is 0.115 e. The molecule has 0 fully saturated rings. The topological polar surface area (TPSA) is 0 Å². The van der Waals surface area contributed by atoms with Gasteiger partial charge in [-0.1, -0.05) is 81.1 Å². The molecule has 0 unspecified atom stereocenters. The SMILES string of the molecule is [B][B]B([B])B(B([B])[B])c1c(B(B([B])[B])B([B])[B])c(B([B][B])B([B])[B])c(B([B])B([B])[B])c2c(-c3c4c(C)c(C)c(C)c(C)c4c(-c4c(C#CC#CC#C)c(C#CC#CC)c5c(c4C#CC#CC#CC#C)c(C#CC#CC#CC#CC)c(C#CC#CC#CC#CC#C)c4c(C)c(C#C)c(C#CC)c(C#CC#C)c45)c4c(C)c(C)c(C)c(C)c34)c(B([B])[B])c([B][B])c([B])c12. The van der Waals surface area contributed by atoms with Gasteiger partial charge in [0.05, 0.1) is 73.0 Å². The van der Waals surface area contributed by atoms with Crippen molar-refractivity contribution in [1.82, 2.24) is 0 Å². The van der Waals surface area contributed by atoms with Crippen molar-refractivity contribution < 1.29 is 0 Å². The van der Waals surface area contributed by atoms with E-state index in [-0.39, 0.29) is 104 Å². The minimum Gasteiger partial charge on any atom is -0.115 e. The fourth-order valence-corrected chi connectivity index (χ4v) is 16.3. The van der Waals surface area contributed by atoms with Gasteiger partial charge in [0.2, 0.25) is 0 Å². The maximum atomic E-state index is 7.95. The molecule has 0 aliphatic heterocycles. The van der Waals surface area contributed by atoms with Gasteiger partial charge in [0.1, 0.15) is 7.85 Å². The van der Waals surface area contributed by atoms with E-state index in [1.165, 1.54) is 21.3 Å². The van der Waals surface area contributed by atoms with E-state index in [4.69, 9.17) is 171 Å². The summed E-state index contributed by atoms with van der Waals surface area (Å²) in [6, 6.07) is 0. The minimum absolute atomic E-state index is 0.0839. The summed E-state index contributed by atoms with van der Waals surface area (Å²) < 4.78 is 0. The van der Waals surface area contributed by atoms with E-state index in [2.05, 4.69) is 231 Å². The van der Waals surface area contributed by atoms with Gasteiger partial charge in [-0.2, -0.15) is 0 Å². The highest BCUT2D eigenvalue weighted by Gasteiger charge is 2.43. The molecule has 0 heterocycles. The van der Waals surface area contributed by atoms with Crippen molar-refractivity contribution in [3.63, 3.8) is 0 Å². The highest BCUT2D eigenvalue weighted by atomic mass is 14.4. The molecule has 0 spiro atoms. The fourth-order valence-electron chi connectivity index (χ4n) is 16.3. The number of terminal acetylenes is 5. The van der Waals surface area contributed by atoms with Crippen molar-refractivity contribution in [3.05, 3.63) is 94.6 Å². The van der Waals surface area contributed by atoms with Crippen molar-refractivity contribution in [3.8, 4) is 285 Å². The fraction of sp³-hybridized carbons (Fsp3) is 0.128. The molecule has 8 aromatic rings. The van der Waals surface area contributed by atoms with Gasteiger partial charge in [0, 0.05) is 228 Å². The van der Waals surface area contributed by atoms with Gasteiger partial charge in [0.25, 0.3) is 0 Å². The molecule has 0 N–H and O–H groups in total. The van der Waals surface area contributed by atoms with Gasteiger partial charge >= 0.3 is 0 Å². The van der Waals surface area contributed by atoms with Crippen LogP contribution >= 0.6 is 0 Å². The van der Waals surface area contributed by atoms with Crippen LogP contribution in [0.3, 0.4) is 0 Å². The maximum absolute atomic E-state index is 7.95. The van der Waals surface area contributed by atoms with Crippen LogP contribution in [0.1, 0.15) is 115 Å². The molecular weight excluding hydrogens is 1480 g/mol. The van der Waals surface area contributed by atoms with Crippen molar-refractivity contribution in [2.75, 3.05) is 0 Å². The summed E-state index contributed by atoms with van der Waals surface area (Å²) >= 11 is 0. The second-order valence-electron chi connectivity index (χ2n) is 28.8. The van der Waals surface area contributed by atoms with E-state index in [1.807, 2.05) is 62.3 Å². The van der Waals surface area contributed by atoms with E-state index >= 15 is 0 Å². The molecular formula is C94H41B32. The first-order chi connectivity index (χ1) is 60.3. The Labute approximate surface area is 780 Å². The number of fused-ring (bicyclic) bond motifs is 6. The third-order valence-corrected chi connectivity index (χ3v) is 22.1. The molecule has 126 heavy (non-hydrogen) atoms. The molecule has 32 heteroatoms. The van der Waals surface area contributed by atoms with Crippen LogP contribution in [-0.2, 0) is 0 Å². The quantitative estimate of drug-likeness (QED) is 0.0412. The number of hydrogen-bond acceptors (Lipinski definition) is 0. The lowest BCUT2D eigenvalue weighted by atomic mass is 8.66. The first kappa shape index (κ1) is 98.9. The lowest BCUT2D eigenvalue weighted by Crippen LogP contribution is -2.80. The molecule has 0 aliphatic rings. The summed E-state index contributed by atoms with van der Waals surface area (Å²) in [6.45, 7) is 15.7. The molecule has 513 valence electrons. The zero-order valence-electron chi connectivity index (χ0n) is 71.9. The number of aryl methyl sites for hydroxylation is 5. The summed E-state index contributed by atoms with van der Waals surface area (Å²) in [5.41, 5.74) is 10.2. The monoisotopic (exact) mass is 1520 g/mol. The van der Waals surface area contributed by atoms with Crippen LogP contribution in [0.4, 0.5) is 0 Å². The van der Waals surface area contributed by atoms with E-state index in [1.54, 1.807) is 20.8 Å². The van der Waals surface area contributed by atoms with Gasteiger partial charge in [-0.15, -0.1) is 54.4 Å². The molecule has 0 aromatic heterocycles. The van der Waals surface area contributed by atoms with Crippen molar-refractivity contribution in [2.45, 2.75) is 83.1 Å². The normalized spacial score (nSPS) is 9.04. The third-order valence-electron chi connectivity index (χ3n) is 22.1. The molecule has 8 rings (SSSR count). The Bertz CT molecular complexity index is 7460. The van der Waals surface area contributed by atoms with E-state index < -0.39 is 70.8 Å². The van der Waals surface area contributed by atoms with Crippen LogP contribution in [0.15, 0.2) is 0 Å². The first-order valence-corrected chi connectivity index (χ1v) is 38.8. The second kappa shape index (κ2) is 44.9. The standard InChI is InChI=1S/C94H41B32/c1-18-26-32-36-39-41-44-47-53-69-70(55-48-43-40-37-33-27-19-2)79-73(56-49-42-38-34-28-20-3)80(71(54-46-35-29-21-4)72(52-45-30-22-5)82(79)81-68(51-31-23-6)67(50-24-7)66(25-8)65(17)74(69)81)83-75-61(13)57(9)59(11)63(15)77(75)84(78-64(16)60(12)58(10)62(14)76(78)83)85-86-87(88(95)89(113-96)90(85)116(99)100)92(120(125(110)111)126(112)115-98)94(119(123(106)107)124(108)109)93(118(114-97)122(104)105)91(86)117(101)121(102)103/h1,3-4,6,8H,2,5,7,9-17H3. The Morgan fingerprint density at radius 1 is 0.262 bits per heavy atom. The summed E-state index contributed by atoms with van der Waals surface area (Å²) in [7, 11) is 133. The van der Waals surface area contributed by atoms with Gasteiger partial charge in [-0.3, -0.25) is 0 Å². The Morgan fingerprint density at radius 3 is 1.03 bits per heavy atom. The molecule has 0 nitrogen and oxygen atoms in total. The summed E-state index contributed by atoms with van der Waals surface area (Å²) in [6.07, 6.45) is 21.5. The Kier molecular flexibility index (Phi) is 35.2. The van der Waals surface area contributed by atoms with E-state index in [0.717, 1.165) is 22.3 Å². The Hall–Kier alpha value is -12.5. The molecule has 0 atom stereocenters. The zero-order chi connectivity index (χ0) is 93.0. The molecule has 39 radical (unpaired) electrons. The molecule has 0 saturated carbocycles. The number of rotatable bonds is 16. The van der Waals surface area contributed by atoms with Crippen LogP contribution in [0.5, 0.6) is 0 Å². The summed E-state index contributed by atoms with van der Waals surface area (Å²) in [5.74, 6) is 114. The average molecular weight is 1520 g/mol. The molecule has 0 bridgehead atoms. The molecule has 8 aromatic carbocycles. The predicted molar refractivity (Wildman–Crippen MR) is 575 cm³/mol. The minimum atomic E-state index is -1.54. The van der Waals surface area contributed by atoms with Crippen LogP contribution < -0.4 is 38.2 Å². The number of hydrogen-bond donors (Lipinski definition) is 0. The smallest absolute Gasteiger partial charge is 0.113 e. The second-order valence-corrected chi connectivity index (χ2v) is 28.8. The van der Waals surface area contributed by atoms with Crippen LogP contribution in [-0.4, -0.2) is 231 Å². The molecule has 0 aliphatic carbocycles. The maximum Gasteiger partial charge on any atom is 0.113 e. The predicted octanol–water partition coefficient (Wildman–Crippen LogP) is -3.33. The molecule has 0 saturated heterocycles. The van der Waals surface area contributed by atoms with Crippen LogP contribution in [0.2, 0.25) is 0 Å². The van der Waals surface area contributed by atoms with Gasteiger partial charge in [0.15, 0.2) is 0 Å². The lowest BCUT2D eigenvalue weighted by molar-refractivity contribution is 1.24. The summed E-state index contributed by atoms with van der Waals surface area (Å²) in [4.78, 5) is 0. The Balaban J connectivity index is 2.16. The van der Waals surface area contributed by atoms with Crippen molar-refractivity contribution >= 4 is 324 Å².